The monoisotopic (exact) mass is 394 g/mol. The fourth-order valence-electron chi connectivity index (χ4n) is 1.56. The van der Waals surface area contributed by atoms with Crippen LogP contribution in [-0.4, -0.2) is 0 Å². The maximum atomic E-state index is 13.7. The van der Waals surface area contributed by atoms with E-state index in [2.05, 4.69) is 31.9 Å². The highest BCUT2D eigenvalue weighted by atomic mass is 79.9. The first kappa shape index (κ1) is 14.0. The molecule has 0 saturated heterocycles. The third-order valence-electron chi connectivity index (χ3n) is 2.47. The van der Waals surface area contributed by atoms with Crippen molar-refractivity contribution >= 4 is 43.5 Å². The molecule has 18 heavy (non-hydrogen) atoms. The number of hydrogen-bond donors (Lipinski definition) is 0. The zero-order valence-electron chi connectivity index (χ0n) is 8.93. The van der Waals surface area contributed by atoms with Crippen LogP contribution in [0.5, 0.6) is 0 Å². The van der Waals surface area contributed by atoms with Crippen LogP contribution in [0.4, 0.5) is 8.78 Å². The molecule has 0 bridgehead atoms. The molecule has 0 fully saturated rings. The third kappa shape index (κ3) is 2.92. The van der Waals surface area contributed by atoms with E-state index in [1.165, 1.54) is 18.2 Å². The molecule has 5 heteroatoms. The van der Waals surface area contributed by atoms with Crippen molar-refractivity contribution < 1.29 is 8.78 Å². The van der Waals surface area contributed by atoms with Gasteiger partial charge >= 0.3 is 0 Å². The third-order valence-corrected chi connectivity index (χ3v) is 4.33. The molecule has 94 valence electrons. The lowest BCUT2D eigenvalue weighted by Crippen LogP contribution is -1.97. The lowest BCUT2D eigenvalue weighted by Gasteiger charge is -2.12. The maximum Gasteiger partial charge on any atom is 0.137 e. The normalized spacial score (nSPS) is 12.5. The minimum Gasteiger partial charge on any atom is -0.207 e. The van der Waals surface area contributed by atoms with Gasteiger partial charge < -0.3 is 0 Å². The zero-order valence-corrected chi connectivity index (χ0v) is 12.9. The number of benzene rings is 2. The minimum absolute atomic E-state index is 0.340. The number of halogens is 5. The Kier molecular flexibility index (Phi) is 4.41. The van der Waals surface area contributed by atoms with Crippen LogP contribution in [0.15, 0.2) is 40.9 Å². The molecule has 2 rings (SSSR count). The average Bonchev–Trinajstić information content (AvgIpc) is 2.35. The van der Waals surface area contributed by atoms with Crippen LogP contribution in [0.1, 0.15) is 16.0 Å². The fraction of sp³-hybridized carbons (Fsp3) is 0.0769. The molecule has 0 aromatic heterocycles. The molecule has 0 aliphatic rings. The van der Waals surface area contributed by atoms with E-state index in [0.717, 1.165) is 5.56 Å². The molecule has 0 nitrogen and oxygen atoms in total. The molecular formula is C13H7Br2ClF2. The summed E-state index contributed by atoms with van der Waals surface area (Å²) in [5.41, 5.74) is 1.16. The Balaban J connectivity index is 2.44. The van der Waals surface area contributed by atoms with Crippen LogP contribution in [0.3, 0.4) is 0 Å². The molecule has 1 unspecified atom stereocenters. The first-order valence-electron chi connectivity index (χ1n) is 5.03. The number of hydrogen-bond acceptors (Lipinski definition) is 0. The summed E-state index contributed by atoms with van der Waals surface area (Å²) in [4.78, 5) is -0.381. The van der Waals surface area contributed by atoms with E-state index < -0.39 is 0 Å². The van der Waals surface area contributed by atoms with E-state index in [0.29, 0.717) is 15.1 Å². The van der Waals surface area contributed by atoms with Crippen molar-refractivity contribution in [2.75, 3.05) is 0 Å². The highest BCUT2D eigenvalue weighted by Gasteiger charge is 2.16. The second kappa shape index (κ2) is 5.68. The second-order valence-electron chi connectivity index (χ2n) is 3.70. The molecule has 0 amide bonds. The van der Waals surface area contributed by atoms with E-state index >= 15 is 0 Å². The second-order valence-corrected chi connectivity index (χ2v) is 5.91. The van der Waals surface area contributed by atoms with Crippen molar-refractivity contribution in [3.05, 3.63) is 68.7 Å². The lowest BCUT2D eigenvalue weighted by molar-refractivity contribution is 0.612. The number of alkyl halides is 1. The van der Waals surface area contributed by atoms with E-state index in [9.17, 15) is 8.78 Å². The Morgan fingerprint density at radius 1 is 1.00 bits per heavy atom. The summed E-state index contributed by atoms with van der Waals surface area (Å²) in [7, 11) is 0. The van der Waals surface area contributed by atoms with Crippen LogP contribution in [-0.2, 0) is 0 Å². The summed E-state index contributed by atoms with van der Waals surface area (Å²) in [5, 5.41) is 0.456. The van der Waals surface area contributed by atoms with Gasteiger partial charge in [-0.25, -0.2) is 8.78 Å². The topological polar surface area (TPSA) is 0 Å². The van der Waals surface area contributed by atoms with Crippen molar-refractivity contribution in [1.82, 2.24) is 0 Å². The Morgan fingerprint density at radius 3 is 2.33 bits per heavy atom. The predicted octanol–water partition coefficient (Wildman–Crippen LogP) is 5.87. The molecule has 0 heterocycles. The van der Waals surface area contributed by atoms with Gasteiger partial charge in [0, 0.05) is 10.6 Å². The van der Waals surface area contributed by atoms with E-state index in [-0.39, 0.29) is 16.5 Å². The Hall–Kier alpha value is -0.450. The Bertz CT molecular complexity index is 587. The molecule has 0 aliphatic heterocycles. The van der Waals surface area contributed by atoms with Gasteiger partial charge in [0.1, 0.15) is 11.6 Å². The largest absolute Gasteiger partial charge is 0.207 e. The smallest absolute Gasteiger partial charge is 0.137 e. The molecule has 0 N–H and O–H groups in total. The lowest BCUT2D eigenvalue weighted by atomic mass is 10.0. The van der Waals surface area contributed by atoms with Crippen LogP contribution >= 0.6 is 43.5 Å². The van der Waals surface area contributed by atoms with Gasteiger partial charge in [-0.05, 0) is 51.8 Å². The van der Waals surface area contributed by atoms with Gasteiger partial charge in [-0.1, -0.05) is 33.6 Å². The molecule has 0 saturated carbocycles. The van der Waals surface area contributed by atoms with Crippen molar-refractivity contribution in [3.8, 4) is 0 Å². The van der Waals surface area contributed by atoms with E-state index in [1.807, 2.05) is 0 Å². The van der Waals surface area contributed by atoms with Crippen molar-refractivity contribution in [3.63, 3.8) is 0 Å². The fourth-order valence-corrected chi connectivity index (χ4v) is 2.77. The molecule has 0 spiro atoms. The highest BCUT2D eigenvalue weighted by Crippen LogP contribution is 2.35. The van der Waals surface area contributed by atoms with E-state index in [1.54, 1.807) is 18.2 Å². The molecular weight excluding hydrogens is 389 g/mol. The van der Waals surface area contributed by atoms with Gasteiger partial charge in [0.05, 0.1) is 9.30 Å². The zero-order chi connectivity index (χ0) is 13.3. The van der Waals surface area contributed by atoms with Gasteiger partial charge in [0.15, 0.2) is 0 Å². The van der Waals surface area contributed by atoms with Crippen LogP contribution in [0.2, 0.25) is 5.02 Å². The van der Waals surface area contributed by atoms with Crippen LogP contribution in [0, 0.1) is 11.6 Å². The summed E-state index contributed by atoms with van der Waals surface area (Å²) in [6.07, 6.45) is 0. The van der Waals surface area contributed by atoms with Crippen molar-refractivity contribution in [2.24, 2.45) is 0 Å². The van der Waals surface area contributed by atoms with Gasteiger partial charge in [0.25, 0.3) is 0 Å². The minimum atomic E-state index is -0.381. The predicted molar refractivity (Wildman–Crippen MR) is 76.3 cm³/mol. The first-order valence-corrected chi connectivity index (χ1v) is 7.11. The molecule has 0 aliphatic carbocycles. The average molecular weight is 396 g/mol. The van der Waals surface area contributed by atoms with Crippen LogP contribution in [0.25, 0.3) is 0 Å². The van der Waals surface area contributed by atoms with Crippen molar-refractivity contribution in [1.29, 1.82) is 0 Å². The SMILES string of the molecule is Fc1ccc(C(Br)c2cc(Cl)ccc2F)cc1Br. The molecule has 2 aromatic carbocycles. The van der Waals surface area contributed by atoms with Gasteiger partial charge in [-0.15, -0.1) is 0 Å². The summed E-state index contributed by atoms with van der Waals surface area (Å²) in [6.45, 7) is 0. The Labute approximate surface area is 125 Å². The van der Waals surface area contributed by atoms with Gasteiger partial charge in [-0.3, -0.25) is 0 Å². The molecule has 0 radical (unpaired) electrons. The molecule has 2 aromatic rings. The highest BCUT2D eigenvalue weighted by molar-refractivity contribution is 9.10. The summed E-state index contributed by atoms with van der Waals surface area (Å²) in [5.74, 6) is -0.716. The van der Waals surface area contributed by atoms with Crippen LogP contribution < -0.4 is 0 Å². The first-order chi connectivity index (χ1) is 8.49. The summed E-state index contributed by atoms with van der Waals surface area (Å²) >= 11 is 12.3. The standard InChI is InChI=1S/C13H7Br2ClF2/c14-10-5-7(1-3-12(10)18)13(15)9-6-8(16)2-4-11(9)17/h1-6,13H. The number of rotatable bonds is 2. The summed E-state index contributed by atoms with van der Waals surface area (Å²) < 4.78 is 27.2. The molecule has 1 atom stereocenters. The Morgan fingerprint density at radius 2 is 1.67 bits per heavy atom. The summed E-state index contributed by atoms with van der Waals surface area (Å²) in [6, 6.07) is 8.88. The van der Waals surface area contributed by atoms with E-state index in [4.69, 9.17) is 11.6 Å². The van der Waals surface area contributed by atoms with Crippen molar-refractivity contribution in [2.45, 2.75) is 4.83 Å². The van der Waals surface area contributed by atoms with Gasteiger partial charge in [0.2, 0.25) is 0 Å². The van der Waals surface area contributed by atoms with Gasteiger partial charge in [-0.2, -0.15) is 0 Å². The quantitative estimate of drug-likeness (QED) is 0.558. The maximum absolute atomic E-state index is 13.7.